The zero-order valence-electron chi connectivity index (χ0n) is 19.0. The van der Waals surface area contributed by atoms with Crippen molar-refractivity contribution in [2.75, 3.05) is 9.80 Å². The summed E-state index contributed by atoms with van der Waals surface area (Å²) < 4.78 is 2.67. The molecule has 4 aliphatic heterocycles. The van der Waals surface area contributed by atoms with Gasteiger partial charge in [0.15, 0.2) is 0 Å². The van der Waals surface area contributed by atoms with Gasteiger partial charge in [0.05, 0.1) is 0 Å². The number of carbonyl (C=O) groups excluding carboxylic acids is 2. The van der Waals surface area contributed by atoms with Crippen LogP contribution in [0.15, 0.2) is 36.4 Å². The van der Waals surface area contributed by atoms with Crippen molar-refractivity contribution < 1.29 is 9.59 Å². The second-order valence-corrected chi connectivity index (χ2v) is 11.7. The molecule has 0 N–H and O–H groups in total. The number of benzene rings is 2. The van der Waals surface area contributed by atoms with Crippen molar-refractivity contribution in [2.24, 2.45) is 0 Å². The van der Waals surface area contributed by atoms with Crippen LogP contribution in [0.5, 0.6) is 0 Å². The van der Waals surface area contributed by atoms with Crippen molar-refractivity contribution in [3.63, 3.8) is 0 Å². The summed E-state index contributed by atoms with van der Waals surface area (Å²) >= 11 is 1.89. The van der Waals surface area contributed by atoms with E-state index >= 15 is 0 Å². The Hall–Kier alpha value is -2.40. The number of thiophene rings is 1. The third-order valence-corrected chi connectivity index (χ3v) is 9.73. The Balaban J connectivity index is 1.26. The summed E-state index contributed by atoms with van der Waals surface area (Å²) in [5, 5.41) is 2.66. The second-order valence-electron chi connectivity index (χ2n) is 10.6. The molecule has 4 nitrogen and oxygen atoms in total. The first-order valence-electron chi connectivity index (χ1n) is 12.7. The lowest BCUT2D eigenvalue weighted by molar-refractivity contribution is -0.122. The highest BCUT2D eigenvalue weighted by Gasteiger charge is 2.39. The van der Waals surface area contributed by atoms with E-state index in [9.17, 15) is 9.59 Å². The van der Waals surface area contributed by atoms with Crippen LogP contribution in [-0.2, 0) is 9.59 Å². The standard InChI is InChI=1S/C28H30N2O2S/c31-23-11-17-3-1-4-18(12-23)29(17)21-7-9-25-26-10-8-22(16-28(26)33-27(25)15-21)30-19-5-2-6-20(30)14-24(32)13-19/h7-10,15-20H,1-6,11-14H2. The van der Waals surface area contributed by atoms with Crippen LogP contribution in [0.4, 0.5) is 11.4 Å². The molecule has 0 amide bonds. The normalized spacial score (nSPS) is 29.8. The maximum absolute atomic E-state index is 12.2. The molecule has 0 aliphatic carbocycles. The Bertz CT molecular complexity index is 1150. The molecule has 0 spiro atoms. The van der Waals surface area contributed by atoms with E-state index in [0.29, 0.717) is 61.4 Å². The van der Waals surface area contributed by atoms with E-state index in [1.807, 2.05) is 11.3 Å². The van der Waals surface area contributed by atoms with E-state index in [1.54, 1.807) is 0 Å². The minimum absolute atomic E-state index is 0.379. The van der Waals surface area contributed by atoms with Gasteiger partial charge in [0, 0.05) is 81.4 Å². The number of fused-ring (bicyclic) bond motifs is 7. The van der Waals surface area contributed by atoms with Crippen molar-refractivity contribution in [2.45, 2.75) is 88.4 Å². The van der Waals surface area contributed by atoms with Crippen molar-refractivity contribution in [1.82, 2.24) is 0 Å². The van der Waals surface area contributed by atoms with E-state index < -0.39 is 0 Å². The lowest BCUT2D eigenvalue weighted by Gasteiger charge is -2.47. The Morgan fingerprint density at radius 1 is 0.606 bits per heavy atom. The molecule has 1 aromatic heterocycles. The van der Waals surface area contributed by atoms with Gasteiger partial charge in [-0.1, -0.05) is 12.1 Å². The molecule has 33 heavy (non-hydrogen) atoms. The quantitative estimate of drug-likeness (QED) is 0.456. The molecule has 4 saturated heterocycles. The molecule has 5 heterocycles. The van der Waals surface area contributed by atoms with E-state index in [-0.39, 0.29) is 0 Å². The molecule has 4 atom stereocenters. The van der Waals surface area contributed by atoms with E-state index in [0.717, 1.165) is 25.7 Å². The molecule has 170 valence electrons. The van der Waals surface area contributed by atoms with Gasteiger partial charge in [0.1, 0.15) is 11.6 Å². The highest BCUT2D eigenvalue weighted by Crippen LogP contribution is 2.43. The number of carbonyl (C=O) groups is 2. The number of nitrogens with zero attached hydrogens (tertiary/aromatic N) is 2. The van der Waals surface area contributed by atoms with Crippen LogP contribution in [-0.4, -0.2) is 35.7 Å². The predicted octanol–water partition coefficient (Wildman–Crippen LogP) is 6.24. The maximum Gasteiger partial charge on any atom is 0.137 e. The van der Waals surface area contributed by atoms with Gasteiger partial charge in [0.25, 0.3) is 0 Å². The maximum atomic E-state index is 12.2. The molecule has 4 bridgehead atoms. The Kier molecular flexibility index (Phi) is 4.58. The van der Waals surface area contributed by atoms with E-state index in [4.69, 9.17) is 0 Å². The number of piperidine rings is 4. The smallest absolute Gasteiger partial charge is 0.137 e. The molecular weight excluding hydrogens is 428 g/mol. The van der Waals surface area contributed by atoms with Crippen molar-refractivity contribution in [1.29, 1.82) is 0 Å². The van der Waals surface area contributed by atoms with E-state index in [2.05, 4.69) is 46.2 Å². The third kappa shape index (κ3) is 3.23. The Morgan fingerprint density at radius 3 is 1.39 bits per heavy atom. The van der Waals surface area contributed by atoms with Gasteiger partial charge in [0.2, 0.25) is 0 Å². The van der Waals surface area contributed by atoms with Gasteiger partial charge < -0.3 is 9.80 Å². The molecule has 4 aliphatic rings. The number of hydrogen-bond acceptors (Lipinski definition) is 5. The summed E-state index contributed by atoms with van der Waals surface area (Å²) in [6.45, 7) is 0. The third-order valence-electron chi connectivity index (χ3n) is 8.61. The summed E-state index contributed by atoms with van der Waals surface area (Å²) in [4.78, 5) is 29.5. The summed E-state index contributed by atoms with van der Waals surface area (Å²) in [6, 6.07) is 15.4. The average Bonchev–Trinajstić information content (AvgIpc) is 3.14. The van der Waals surface area contributed by atoms with Gasteiger partial charge in [-0.2, -0.15) is 0 Å². The number of anilines is 2. The SMILES string of the molecule is O=C1CC2CCCC(C1)N2c1ccc2c(c1)sc1cc(N3C4CCCC3CC(=O)C4)ccc12. The minimum Gasteiger partial charge on any atom is -0.365 e. The second kappa shape index (κ2) is 7.56. The van der Waals surface area contributed by atoms with Crippen LogP contribution in [0, 0.1) is 0 Å². The zero-order valence-corrected chi connectivity index (χ0v) is 19.8. The number of hydrogen-bond donors (Lipinski definition) is 0. The molecule has 5 heteroatoms. The van der Waals surface area contributed by atoms with Crippen LogP contribution in [0.25, 0.3) is 20.2 Å². The first-order valence-corrected chi connectivity index (χ1v) is 13.5. The lowest BCUT2D eigenvalue weighted by atomic mass is 9.83. The van der Waals surface area contributed by atoms with Crippen LogP contribution in [0.2, 0.25) is 0 Å². The first kappa shape index (κ1) is 20.0. The molecule has 4 unspecified atom stereocenters. The fourth-order valence-electron chi connectivity index (χ4n) is 7.27. The topological polar surface area (TPSA) is 40.6 Å². The molecular formula is C28H30N2O2S. The minimum atomic E-state index is 0.379. The van der Waals surface area contributed by atoms with Gasteiger partial charge in [-0.3, -0.25) is 9.59 Å². The van der Waals surface area contributed by atoms with Gasteiger partial charge in [-0.05, 0) is 62.8 Å². The van der Waals surface area contributed by atoms with Crippen molar-refractivity contribution >= 4 is 54.5 Å². The fraction of sp³-hybridized carbons (Fsp3) is 0.500. The van der Waals surface area contributed by atoms with Crippen LogP contribution >= 0.6 is 11.3 Å². The Morgan fingerprint density at radius 2 is 1.00 bits per heavy atom. The highest BCUT2D eigenvalue weighted by molar-refractivity contribution is 7.25. The van der Waals surface area contributed by atoms with Crippen LogP contribution in [0.3, 0.4) is 0 Å². The molecule has 2 aromatic carbocycles. The van der Waals surface area contributed by atoms with Crippen LogP contribution in [0.1, 0.15) is 64.2 Å². The summed E-state index contributed by atoms with van der Waals surface area (Å²) in [5.41, 5.74) is 2.58. The monoisotopic (exact) mass is 458 g/mol. The fourth-order valence-corrected chi connectivity index (χ4v) is 8.44. The highest BCUT2D eigenvalue weighted by atomic mass is 32.1. The molecule has 3 aromatic rings. The molecule has 0 saturated carbocycles. The molecule has 4 fully saturated rings. The van der Waals surface area contributed by atoms with Crippen LogP contribution < -0.4 is 9.80 Å². The summed E-state index contributed by atoms with van der Waals surface area (Å²) in [5.74, 6) is 0.890. The first-order chi connectivity index (χ1) is 16.1. The summed E-state index contributed by atoms with van der Waals surface area (Å²) in [7, 11) is 0. The zero-order chi connectivity index (χ0) is 22.1. The molecule has 0 radical (unpaired) electrons. The van der Waals surface area contributed by atoms with Gasteiger partial charge in [-0.15, -0.1) is 11.3 Å². The lowest BCUT2D eigenvalue weighted by Crippen LogP contribution is -2.52. The number of ketones is 2. The summed E-state index contributed by atoms with van der Waals surface area (Å²) in [6.07, 6.45) is 9.89. The van der Waals surface area contributed by atoms with E-state index in [1.165, 1.54) is 44.4 Å². The van der Waals surface area contributed by atoms with Crippen molar-refractivity contribution in [3.8, 4) is 0 Å². The number of rotatable bonds is 2. The Labute approximate surface area is 198 Å². The van der Waals surface area contributed by atoms with Gasteiger partial charge in [-0.25, -0.2) is 0 Å². The number of Topliss-reactive ketones (excluding diaryl/α,β-unsaturated/α-hetero) is 2. The largest absolute Gasteiger partial charge is 0.365 e. The van der Waals surface area contributed by atoms with Crippen molar-refractivity contribution in [3.05, 3.63) is 36.4 Å². The van der Waals surface area contributed by atoms with Gasteiger partial charge >= 0.3 is 0 Å². The average molecular weight is 459 g/mol. The molecule has 7 rings (SSSR count). The predicted molar refractivity (Wildman–Crippen MR) is 136 cm³/mol.